The predicted molar refractivity (Wildman–Crippen MR) is 91.8 cm³/mol. The number of benzene rings is 1. The van der Waals surface area contributed by atoms with Gasteiger partial charge < -0.3 is 10.3 Å². The molecule has 1 aliphatic rings. The lowest BCUT2D eigenvalue weighted by atomic mass is 9.99. The molecule has 1 aromatic heterocycles. The monoisotopic (exact) mass is 371 g/mol. The lowest BCUT2D eigenvalue weighted by molar-refractivity contribution is 0.101. The summed E-state index contributed by atoms with van der Waals surface area (Å²) in [6.07, 6.45) is 3.90. The summed E-state index contributed by atoms with van der Waals surface area (Å²) in [5.41, 5.74) is 5.92. The minimum atomic E-state index is -0.513. The molecule has 3 rings (SSSR count). The van der Waals surface area contributed by atoms with Crippen molar-refractivity contribution in [3.05, 3.63) is 41.3 Å². The first-order valence-corrected chi connectivity index (χ1v) is 8.52. The van der Waals surface area contributed by atoms with E-state index in [9.17, 15) is 9.18 Å². The van der Waals surface area contributed by atoms with E-state index in [1.165, 1.54) is 30.8 Å². The molecular weight excluding hydrogens is 353 g/mol. The van der Waals surface area contributed by atoms with Gasteiger partial charge in [-0.15, -0.1) is 24.2 Å². The fourth-order valence-corrected chi connectivity index (χ4v) is 3.52. The van der Waals surface area contributed by atoms with Gasteiger partial charge in [-0.2, -0.15) is 4.98 Å². The van der Waals surface area contributed by atoms with Crippen molar-refractivity contribution >= 4 is 30.0 Å². The Morgan fingerprint density at radius 3 is 2.75 bits per heavy atom. The van der Waals surface area contributed by atoms with Crippen molar-refractivity contribution in [3.63, 3.8) is 0 Å². The number of Topliss-reactive ketones (excluding diaryl/α,β-unsaturated/α-hetero) is 1. The van der Waals surface area contributed by atoms with Gasteiger partial charge in [0.25, 0.3) is 0 Å². The van der Waals surface area contributed by atoms with Crippen LogP contribution in [-0.4, -0.2) is 15.9 Å². The van der Waals surface area contributed by atoms with Crippen LogP contribution in [0.1, 0.15) is 54.7 Å². The van der Waals surface area contributed by atoms with Crippen LogP contribution in [0.2, 0.25) is 0 Å². The molecule has 0 atom stereocenters. The zero-order valence-corrected chi connectivity index (χ0v) is 14.9. The summed E-state index contributed by atoms with van der Waals surface area (Å²) in [5, 5.41) is 3.99. The largest absolute Gasteiger partial charge is 0.338 e. The Labute approximate surface area is 150 Å². The van der Waals surface area contributed by atoms with Crippen molar-refractivity contribution in [1.29, 1.82) is 0 Å². The Balaban J connectivity index is 0.00000208. The van der Waals surface area contributed by atoms with Crippen LogP contribution in [0.15, 0.2) is 27.6 Å². The van der Waals surface area contributed by atoms with Gasteiger partial charge in [-0.25, -0.2) is 4.39 Å². The van der Waals surface area contributed by atoms with E-state index in [-0.39, 0.29) is 23.8 Å². The first kappa shape index (κ1) is 18.9. The third-order valence-corrected chi connectivity index (χ3v) is 5.07. The molecule has 24 heavy (non-hydrogen) atoms. The smallest absolute Gasteiger partial charge is 0.237 e. The van der Waals surface area contributed by atoms with E-state index in [2.05, 4.69) is 10.1 Å². The van der Waals surface area contributed by atoms with Crippen molar-refractivity contribution in [2.75, 3.05) is 0 Å². The summed E-state index contributed by atoms with van der Waals surface area (Å²) in [6.45, 7) is 1.34. The van der Waals surface area contributed by atoms with Gasteiger partial charge in [0, 0.05) is 4.90 Å². The number of ketones is 1. The standard InChI is InChI=1S/C16H18FN3O2S.ClH/c1-10(21)12-5-4-11(8-13(12)17)23-9-14-19-15(20-22-14)16(18)6-2-3-7-16;/h4-5,8H,2-3,6-7,9,18H2,1H3;1H. The predicted octanol–water partition coefficient (Wildman–Crippen LogP) is 3.85. The molecule has 8 heteroatoms. The topological polar surface area (TPSA) is 82.0 Å². The average Bonchev–Trinajstić information content (AvgIpc) is 3.14. The molecule has 5 nitrogen and oxygen atoms in total. The highest BCUT2D eigenvalue weighted by Crippen LogP contribution is 2.35. The van der Waals surface area contributed by atoms with Gasteiger partial charge in [-0.05, 0) is 38.0 Å². The van der Waals surface area contributed by atoms with Gasteiger partial charge >= 0.3 is 0 Å². The molecular formula is C16H19ClFN3O2S. The molecule has 1 heterocycles. The molecule has 1 aliphatic carbocycles. The lowest BCUT2D eigenvalue weighted by Gasteiger charge is -2.17. The number of nitrogens with two attached hydrogens (primary N) is 1. The number of carbonyl (C=O) groups is 1. The summed E-state index contributed by atoms with van der Waals surface area (Å²) in [5.74, 6) is 0.662. The lowest BCUT2D eigenvalue weighted by Crippen LogP contribution is -2.34. The van der Waals surface area contributed by atoms with Crippen LogP contribution in [0.3, 0.4) is 0 Å². The zero-order valence-electron chi connectivity index (χ0n) is 13.3. The first-order chi connectivity index (χ1) is 11.0. The summed E-state index contributed by atoms with van der Waals surface area (Å²) in [4.78, 5) is 16.3. The second-order valence-electron chi connectivity index (χ2n) is 5.86. The van der Waals surface area contributed by atoms with Gasteiger partial charge in [-0.1, -0.05) is 18.0 Å². The first-order valence-electron chi connectivity index (χ1n) is 7.53. The molecule has 2 aromatic rings. The minimum absolute atomic E-state index is 0. The third-order valence-electron chi connectivity index (χ3n) is 4.09. The number of halogens is 2. The highest BCUT2D eigenvalue weighted by atomic mass is 35.5. The van der Waals surface area contributed by atoms with Crippen LogP contribution in [-0.2, 0) is 11.3 Å². The Hall–Kier alpha value is -1.44. The summed E-state index contributed by atoms with van der Waals surface area (Å²) in [7, 11) is 0. The fraction of sp³-hybridized carbons (Fsp3) is 0.438. The Morgan fingerprint density at radius 2 is 2.12 bits per heavy atom. The van der Waals surface area contributed by atoms with Crippen LogP contribution < -0.4 is 5.73 Å². The molecule has 1 fully saturated rings. The van der Waals surface area contributed by atoms with Crippen molar-refractivity contribution in [2.45, 2.75) is 48.8 Å². The molecule has 0 spiro atoms. The van der Waals surface area contributed by atoms with Gasteiger partial charge in [0.05, 0.1) is 16.9 Å². The van der Waals surface area contributed by atoms with E-state index < -0.39 is 11.4 Å². The van der Waals surface area contributed by atoms with Crippen molar-refractivity contribution in [1.82, 2.24) is 10.1 Å². The van der Waals surface area contributed by atoms with E-state index in [1.807, 2.05) is 0 Å². The second kappa shape index (κ2) is 7.63. The van der Waals surface area contributed by atoms with Crippen molar-refractivity contribution in [3.8, 4) is 0 Å². The maximum atomic E-state index is 13.8. The molecule has 0 unspecified atom stereocenters. The SMILES string of the molecule is CC(=O)c1ccc(SCc2nc(C3(N)CCCC3)no2)cc1F.Cl. The number of aromatic nitrogens is 2. The van der Waals surface area contributed by atoms with E-state index in [4.69, 9.17) is 10.3 Å². The maximum Gasteiger partial charge on any atom is 0.237 e. The Bertz CT molecular complexity index is 732. The molecule has 0 aliphatic heterocycles. The number of nitrogens with zero attached hydrogens (tertiary/aromatic N) is 2. The summed E-state index contributed by atoms with van der Waals surface area (Å²) >= 11 is 1.37. The number of thioether (sulfide) groups is 1. The second-order valence-corrected chi connectivity index (χ2v) is 6.91. The average molecular weight is 372 g/mol. The number of hydrogen-bond acceptors (Lipinski definition) is 6. The van der Waals surface area contributed by atoms with E-state index in [0.717, 1.165) is 25.7 Å². The summed E-state index contributed by atoms with van der Waals surface area (Å²) < 4.78 is 19.0. The molecule has 2 N–H and O–H groups in total. The van der Waals surface area contributed by atoms with E-state index in [1.54, 1.807) is 6.07 Å². The van der Waals surface area contributed by atoms with E-state index in [0.29, 0.717) is 22.4 Å². The molecule has 1 aromatic carbocycles. The van der Waals surface area contributed by atoms with Gasteiger partial charge in [0.15, 0.2) is 11.6 Å². The Morgan fingerprint density at radius 1 is 1.42 bits per heavy atom. The van der Waals surface area contributed by atoms with Crippen LogP contribution >= 0.6 is 24.2 Å². The molecule has 1 saturated carbocycles. The van der Waals surface area contributed by atoms with Crippen LogP contribution in [0.25, 0.3) is 0 Å². The highest BCUT2D eigenvalue weighted by Gasteiger charge is 2.35. The summed E-state index contributed by atoms with van der Waals surface area (Å²) in [6, 6.07) is 4.55. The molecule has 0 saturated heterocycles. The van der Waals surface area contributed by atoms with Gasteiger partial charge in [0.1, 0.15) is 5.82 Å². The van der Waals surface area contributed by atoms with Gasteiger partial charge in [0.2, 0.25) is 5.89 Å². The Kier molecular flexibility index (Phi) is 6.01. The number of rotatable bonds is 5. The third kappa shape index (κ3) is 3.96. The van der Waals surface area contributed by atoms with Crippen LogP contribution in [0.5, 0.6) is 0 Å². The van der Waals surface area contributed by atoms with Crippen molar-refractivity contribution < 1.29 is 13.7 Å². The molecule has 0 radical (unpaired) electrons. The highest BCUT2D eigenvalue weighted by molar-refractivity contribution is 7.98. The minimum Gasteiger partial charge on any atom is -0.338 e. The van der Waals surface area contributed by atoms with Crippen LogP contribution in [0.4, 0.5) is 4.39 Å². The normalized spacial score (nSPS) is 16.0. The quantitative estimate of drug-likeness (QED) is 0.635. The zero-order chi connectivity index (χ0) is 16.4. The van der Waals surface area contributed by atoms with Crippen LogP contribution in [0, 0.1) is 5.82 Å². The maximum absolute atomic E-state index is 13.8. The van der Waals surface area contributed by atoms with E-state index >= 15 is 0 Å². The van der Waals surface area contributed by atoms with Crippen molar-refractivity contribution in [2.24, 2.45) is 5.73 Å². The fourth-order valence-electron chi connectivity index (χ4n) is 2.76. The number of carbonyl (C=O) groups excluding carboxylic acids is 1. The molecule has 0 bridgehead atoms. The number of hydrogen-bond donors (Lipinski definition) is 1. The van der Waals surface area contributed by atoms with Gasteiger partial charge in [-0.3, -0.25) is 4.79 Å². The molecule has 0 amide bonds. The molecule has 130 valence electrons.